The van der Waals surface area contributed by atoms with Crippen LogP contribution in [0.15, 0.2) is 30.3 Å². The molecule has 0 saturated carbocycles. The fourth-order valence-electron chi connectivity index (χ4n) is 4.89. The fraction of sp³-hybridized carbons (Fsp3) is 0.452. The van der Waals surface area contributed by atoms with E-state index in [0.29, 0.717) is 24.6 Å². The molecule has 1 fully saturated rings. The van der Waals surface area contributed by atoms with Crippen LogP contribution in [0.3, 0.4) is 0 Å². The van der Waals surface area contributed by atoms with Gasteiger partial charge in [-0.25, -0.2) is 8.78 Å². The van der Waals surface area contributed by atoms with E-state index in [1.807, 2.05) is 32.9 Å². The van der Waals surface area contributed by atoms with Crippen molar-refractivity contribution in [2.24, 2.45) is 5.92 Å². The summed E-state index contributed by atoms with van der Waals surface area (Å²) in [6, 6.07) is 6.05. The van der Waals surface area contributed by atoms with Crippen molar-refractivity contribution in [2.75, 3.05) is 25.0 Å². The normalized spacial score (nSPS) is 16.0. The monoisotopic (exact) mass is 619 g/mol. The Balaban J connectivity index is 1.69. The quantitative estimate of drug-likeness (QED) is 0.286. The Kier molecular flexibility index (Phi) is 11.1. The number of Topliss-reactive ketones (excluding diaryl/α,β-unsaturated/α-hetero) is 1. The van der Waals surface area contributed by atoms with Gasteiger partial charge in [0, 0.05) is 18.8 Å². The molecule has 1 aliphatic heterocycles. The van der Waals surface area contributed by atoms with Crippen molar-refractivity contribution in [1.29, 1.82) is 0 Å². The van der Waals surface area contributed by atoms with Gasteiger partial charge in [0.2, 0.25) is 11.7 Å². The van der Waals surface area contributed by atoms with Gasteiger partial charge >= 0.3 is 17.8 Å². The summed E-state index contributed by atoms with van der Waals surface area (Å²) >= 11 is 0. The third-order valence-corrected chi connectivity index (χ3v) is 7.25. The van der Waals surface area contributed by atoms with E-state index in [0.717, 1.165) is 12.5 Å². The van der Waals surface area contributed by atoms with Gasteiger partial charge in [-0.05, 0) is 48.4 Å². The molecule has 0 unspecified atom stereocenters. The summed E-state index contributed by atoms with van der Waals surface area (Å²) in [5.74, 6) is -11.3. The second-order valence-electron chi connectivity index (χ2n) is 11.7. The molecule has 0 spiro atoms. The zero-order valence-electron chi connectivity index (χ0n) is 25.0. The Labute approximate surface area is 252 Å². The summed E-state index contributed by atoms with van der Waals surface area (Å²) in [7, 11) is 0. The van der Waals surface area contributed by atoms with E-state index in [2.05, 4.69) is 10.6 Å². The number of likely N-dealkylation sites (tertiary alicyclic amines) is 1. The second kappa shape index (κ2) is 14.4. The van der Waals surface area contributed by atoms with Gasteiger partial charge in [0.25, 0.3) is 0 Å². The lowest BCUT2D eigenvalue weighted by Gasteiger charge is -2.26. The maximum absolute atomic E-state index is 14.3. The first-order valence-electron chi connectivity index (χ1n) is 14.1. The molecular weight excluding hydrogens is 583 g/mol. The van der Waals surface area contributed by atoms with Crippen LogP contribution in [0.1, 0.15) is 57.6 Å². The van der Waals surface area contributed by atoms with Gasteiger partial charge in [0.1, 0.15) is 12.6 Å². The molecule has 238 valence electrons. The summed E-state index contributed by atoms with van der Waals surface area (Å²) in [5.41, 5.74) is 0.714. The number of carbonyl (C=O) groups excluding carboxylic acids is 4. The number of ketones is 1. The summed E-state index contributed by atoms with van der Waals surface area (Å²) in [5, 5.41) is 14.3. The Morgan fingerprint density at radius 2 is 1.75 bits per heavy atom. The van der Waals surface area contributed by atoms with Gasteiger partial charge in [-0.3, -0.25) is 24.0 Å². The fourth-order valence-corrected chi connectivity index (χ4v) is 4.89. The van der Waals surface area contributed by atoms with E-state index in [4.69, 9.17) is 4.74 Å². The van der Waals surface area contributed by atoms with Crippen molar-refractivity contribution in [3.05, 3.63) is 58.9 Å². The minimum Gasteiger partial charge on any atom is -0.481 e. The number of halogens is 3. The average molecular weight is 620 g/mol. The highest BCUT2D eigenvalue weighted by atomic mass is 19.2. The maximum Gasteiger partial charge on any atom is 0.313 e. The number of rotatable bonds is 9. The van der Waals surface area contributed by atoms with Crippen LogP contribution in [0.2, 0.25) is 0 Å². The van der Waals surface area contributed by atoms with Crippen LogP contribution in [-0.4, -0.2) is 65.2 Å². The predicted molar refractivity (Wildman–Crippen MR) is 153 cm³/mol. The number of hydrogen-bond donors (Lipinski definition) is 3. The largest absolute Gasteiger partial charge is 0.481 e. The molecule has 1 aliphatic rings. The van der Waals surface area contributed by atoms with Gasteiger partial charge in [-0.15, -0.1) is 0 Å². The molecule has 1 heterocycles. The number of nitrogens with one attached hydrogen (secondary N) is 2. The van der Waals surface area contributed by atoms with Crippen molar-refractivity contribution in [2.45, 2.75) is 64.8 Å². The van der Waals surface area contributed by atoms with Crippen LogP contribution < -0.4 is 15.4 Å². The minimum absolute atomic E-state index is 0.164. The van der Waals surface area contributed by atoms with Crippen LogP contribution >= 0.6 is 0 Å². The number of hydrogen-bond acceptors (Lipinski definition) is 6. The molecule has 2 aromatic carbocycles. The van der Waals surface area contributed by atoms with Gasteiger partial charge in [0.05, 0.1) is 12.3 Å². The number of aryl methyl sites for hydroxylation is 1. The van der Waals surface area contributed by atoms with E-state index in [-0.39, 0.29) is 30.5 Å². The number of benzene rings is 2. The molecule has 3 amide bonds. The zero-order valence-corrected chi connectivity index (χ0v) is 25.0. The highest BCUT2D eigenvalue weighted by Gasteiger charge is 2.33. The number of carboxylic acids is 1. The SMILES string of the molecule is Cc1cc(F)c(F)c(OCC(=O)[C@H](CC(=O)O)NC(=O)[C@H]2CCCCN(C(=O)C(=O)Nc3ccccc3C(C)(C)C)C2)c1F. The molecular formula is C31H36F3N3O7. The Hall–Kier alpha value is -4.42. The standard InChI is InChI=1S/C31H36F3N3O7/c1-17-13-20(32)26(34)27(25(17)33)44-16-23(38)22(14-24(39)40)36-28(41)18-9-7-8-12-37(15-18)30(43)29(42)35-21-11-6-5-10-19(21)31(2,3)4/h5-6,10-11,13,18,22H,7-9,12,14-16H2,1-4H3,(H,35,42)(H,36,41)(H,39,40)/t18-,22-/m0/s1. The lowest BCUT2D eigenvalue weighted by atomic mass is 9.86. The number of aliphatic carboxylic acids is 1. The lowest BCUT2D eigenvalue weighted by molar-refractivity contribution is -0.144. The van der Waals surface area contributed by atoms with Gasteiger partial charge in [-0.2, -0.15) is 4.39 Å². The van der Waals surface area contributed by atoms with Gasteiger partial charge in [0.15, 0.2) is 23.2 Å². The van der Waals surface area contributed by atoms with Crippen molar-refractivity contribution in [3.63, 3.8) is 0 Å². The lowest BCUT2D eigenvalue weighted by Crippen LogP contribution is -2.49. The van der Waals surface area contributed by atoms with Crippen molar-refractivity contribution < 1.29 is 47.0 Å². The smallest absolute Gasteiger partial charge is 0.313 e. The van der Waals surface area contributed by atoms with Crippen LogP contribution in [-0.2, 0) is 29.4 Å². The van der Waals surface area contributed by atoms with Crippen molar-refractivity contribution in [3.8, 4) is 5.75 Å². The third kappa shape index (κ3) is 8.57. The molecule has 10 nitrogen and oxygen atoms in total. The van der Waals surface area contributed by atoms with Gasteiger partial charge in [-0.1, -0.05) is 45.4 Å². The topological polar surface area (TPSA) is 142 Å². The first kappa shape index (κ1) is 34.1. The second-order valence-corrected chi connectivity index (χ2v) is 11.7. The molecule has 3 N–H and O–H groups in total. The summed E-state index contributed by atoms with van der Waals surface area (Å²) in [4.78, 5) is 64.8. The molecule has 1 saturated heterocycles. The molecule has 44 heavy (non-hydrogen) atoms. The minimum atomic E-state index is -1.66. The molecule has 0 bridgehead atoms. The molecule has 2 atom stereocenters. The third-order valence-electron chi connectivity index (χ3n) is 7.25. The number of carbonyl (C=O) groups is 5. The molecule has 13 heteroatoms. The predicted octanol–water partition coefficient (Wildman–Crippen LogP) is 3.88. The van der Waals surface area contributed by atoms with Crippen LogP contribution in [0.25, 0.3) is 0 Å². The zero-order chi connectivity index (χ0) is 32.8. The van der Waals surface area contributed by atoms with E-state index in [1.54, 1.807) is 12.1 Å². The number of para-hydroxylation sites is 1. The number of ether oxygens (including phenoxy) is 1. The maximum atomic E-state index is 14.3. The molecule has 0 aromatic heterocycles. The van der Waals surface area contributed by atoms with Crippen molar-refractivity contribution >= 4 is 35.2 Å². The number of nitrogens with zero attached hydrogens (tertiary/aromatic N) is 1. The van der Waals surface area contributed by atoms with Crippen LogP contribution in [0.4, 0.5) is 18.9 Å². The molecule has 3 rings (SSSR count). The van der Waals surface area contributed by atoms with Crippen molar-refractivity contribution in [1.82, 2.24) is 10.2 Å². The average Bonchev–Trinajstić information content (AvgIpc) is 3.21. The number of carboxylic acid groups (broad SMARTS) is 1. The summed E-state index contributed by atoms with van der Waals surface area (Å²) < 4.78 is 46.9. The molecule has 0 radical (unpaired) electrons. The molecule has 0 aliphatic carbocycles. The highest BCUT2D eigenvalue weighted by Crippen LogP contribution is 2.30. The van der Waals surface area contributed by atoms with E-state index in [1.165, 1.54) is 4.90 Å². The van der Waals surface area contributed by atoms with E-state index in [9.17, 15) is 42.3 Å². The van der Waals surface area contributed by atoms with E-state index >= 15 is 0 Å². The van der Waals surface area contributed by atoms with Crippen LogP contribution in [0, 0.1) is 30.3 Å². The Bertz CT molecular complexity index is 1420. The van der Waals surface area contributed by atoms with Crippen LogP contribution in [0.5, 0.6) is 5.75 Å². The van der Waals surface area contributed by atoms with E-state index < -0.39 is 77.7 Å². The highest BCUT2D eigenvalue weighted by molar-refractivity contribution is 6.39. The first-order chi connectivity index (χ1) is 20.6. The number of amides is 3. The Morgan fingerprint density at radius 1 is 1.07 bits per heavy atom. The molecule has 2 aromatic rings. The summed E-state index contributed by atoms with van der Waals surface area (Å²) in [6.07, 6.45) is 0.422. The Morgan fingerprint density at radius 3 is 2.41 bits per heavy atom. The first-order valence-corrected chi connectivity index (χ1v) is 14.1. The summed E-state index contributed by atoms with van der Waals surface area (Å²) in [6.45, 7) is 6.03. The number of anilines is 1. The van der Waals surface area contributed by atoms with Gasteiger partial charge < -0.3 is 25.4 Å².